The Morgan fingerprint density at radius 1 is 0.654 bits per heavy atom. The minimum atomic E-state index is -0.0179. The van der Waals surface area contributed by atoms with Gasteiger partial charge in [-0.1, -0.05) is 25.3 Å². The number of hydrogen-bond acceptors (Lipinski definition) is 4. The molecule has 0 radical (unpaired) electrons. The molecule has 3 aromatic heterocycles. The molecule has 0 aliphatic rings. The summed E-state index contributed by atoms with van der Waals surface area (Å²) in [5.74, 6) is -0.0358. The van der Waals surface area contributed by atoms with E-state index < -0.39 is 0 Å². The van der Waals surface area contributed by atoms with Crippen molar-refractivity contribution < 1.29 is 0 Å². The van der Waals surface area contributed by atoms with Gasteiger partial charge >= 0.3 is 0 Å². The SMILES string of the molecule is [C-]#[N+]c1nc(/C=C/c2ccccn2)c(/C=C/c2ccccn2)nc1[N+]#[C-]. The Morgan fingerprint density at radius 2 is 1.12 bits per heavy atom. The second kappa shape index (κ2) is 8.09. The van der Waals surface area contributed by atoms with E-state index in [0.29, 0.717) is 11.4 Å². The Kier molecular flexibility index (Phi) is 5.19. The average Bonchev–Trinajstić information content (AvgIpc) is 2.72. The second-order valence-electron chi connectivity index (χ2n) is 5.04. The second-order valence-corrected chi connectivity index (χ2v) is 5.04. The van der Waals surface area contributed by atoms with Crippen molar-refractivity contribution in [3.05, 3.63) is 94.4 Å². The molecular weight excluding hydrogens is 324 g/mol. The van der Waals surface area contributed by atoms with Crippen molar-refractivity contribution in [2.45, 2.75) is 0 Å². The molecule has 3 heterocycles. The highest BCUT2D eigenvalue weighted by Crippen LogP contribution is 2.26. The van der Waals surface area contributed by atoms with Crippen LogP contribution in [0.5, 0.6) is 0 Å². The van der Waals surface area contributed by atoms with E-state index in [1.165, 1.54) is 0 Å². The maximum absolute atomic E-state index is 7.20. The number of hydrogen-bond donors (Lipinski definition) is 0. The van der Waals surface area contributed by atoms with Crippen LogP contribution in [0.2, 0.25) is 0 Å². The van der Waals surface area contributed by atoms with E-state index in [1.54, 1.807) is 36.7 Å². The zero-order chi connectivity index (χ0) is 18.2. The topological polar surface area (TPSA) is 60.3 Å². The highest BCUT2D eigenvalue weighted by molar-refractivity contribution is 5.78. The van der Waals surface area contributed by atoms with Crippen molar-refractivity contribution in [3.63, 3.8) is 0 Å². The molecule has 0 saturated carbocycles. The van der Waals surface area contributed by atoms with Crippen molar-refractivity contribution in [2.75, 3.05) is 0 Å². The normalized spacial score (nSPS) is 10.7. The lowest BCUT2D eigenvalue weighted by Gasteiger charge is -1.98. The highest BCUT2D eigenvalue weighted by Gasteiger charge is 2.15. The zero-order valence-corrected chi connectivity index (χ0v) is 13.6. The van der Waals surface area contributed by atoms with Gasteiger partial charge in [-0.3, -0.25) is 9.97 Å². The minimum Gasteiger partial charge on any atom is -0.370 e. The fourth-order valence-electron chi connectivity index (χ4n) is 2.12. The predicted octanol–water partition coefficient (Wildman–Crippen LogP) is 4.71. The van der Waals surface area contributed by atoms with Gasteiger partial charge in [0.15, 0.2) is 0 Å². The van der Waals surface area contributed by atoms with Gasteiger partial charge in [-0.05, 0) is 48.6 Å². The molecule has 0 fully saturated rings. The Bertz CT molecular complexity index is 955. The summed E-state index contributed by atoms with van der Waals surface area (Å²) in [6.45, 7) is 14.4. The van der Waals surface area contributed by atoms with Crippen LogP contribution in [-0.2, 0) is 0 Å². The van der Waals surface area contributed by atoms with Crippen LogP contribution in [0.3, 0.4) is 0 Å². The monoisotopic (exact) mass is 336 g/mol. The van der Waals surface area contributed by atoms with Crippen molar-refractivity contribution in [3.8, 4) is 0 Å². The molecule has 26 heavy (non-hydrogen) atoms. The highest BCUT2D eigenvalue weighted by atomic mass is 15.0. The summed E-state index contributed by atoms with van der Waals surface area (Å²) in [5, 5.41) is 0. The molecule has 0 aromatic carbocycles. The minimum absolute atomic E-state index is 0.0179. The lowest BCUT2D eigenvalue weighted by Crippen LogP contribution is -1.92. The molecule has 0 atom stereocenters. The van der Waals surface area contributed by atoms with Gasteiger partial charge in [0.25, 0.3) is 11.6 Å². The predicted molar refractivity (Wildman–Crippen MR) is 101 cm³/mol. The molecule has 3 rings (SSSR count). The number of rotatable bonds is 4. The molecule has 0 unspecified atom stereocenters. The molecule has 0 spiro atoms. The lowest BCUT2D eigenvalue weighted by atomic mass is 10.2. The standard InChI is InChI=1S/C20H12N6/c1-21-19-20(22-2)26-18(12-10-16-8-4-6-14-24-16)17(25-19)11-9-15-7-3-5-13-23-15/h3-14H/b11-9+,12-10+. The van der Waals surface area contributed by atoms with Crippen LogP contribution in [0.15, 0.2) is 48.8 Å². The van der Waals surface area contributed by atoms with Crippen molar-refractivity contribution >= 4 is 35.9 Å². The van der Waals surface area contributed by atoms with Gasteiger partial charge in [-0.25, -0.2) is 0 Å². The molecule has 6 heteroatoms. The van der Waals surface area contributed by atoms with Gasteiger partial charge in [0.05, 0.1) is 11.4 Å². The van der Waals surface area contributed by atoms with Gasteiger partial charge in [0.1, 0.15) is 0 Å². The zero-order valence-electron chi connectivity index (χ0n) is 13.6. The first kappa shape index (κ1) is 16.7. The molecule has 6 nitrogen and oxygen atoms in total. The quantitative estimate of drug-likeness (QED) is 0.647. The fraction of sp³-hybridized carbons (Fsp3) is 0. The first-order valence-electron chi connectivity index (χ1n) is 7.65. The van der Waals surface area contributed by atoms with Crippen LogP contribution in [0.25, 0.3) is 34.0 Å². The van der Waals surface area contributed by atoms with Gasteiger partial charge in [0, 0.05) is 12.4 Å². The molecule has 0 aliphatic heterocycles. The summed E-state index contributed by atoms with van der Waals surface area (Å²) in [6.07, 6.45) is 10.4. The molecule has 0 bridgehead atoms. The largest absolute Gasteiger partial charge is 0.370 e. The van der Waals surface area contributed by atoms with Gasteiger partial charge in [-0.2, -0.15) is 0 Å². The lowest BCUT2D eigenvalue weighted by molar-refractivity contribution is 1.19. The van der Waals surface area contributed by atoms with Gasteiger partial charge in [0.2, 0.25) is 11.4 Å². The van der Waals surface area contributed by atoms with Crippen LogP contribution < -0.4 is 0 Å². The van der Waals surface area contributed by atoms with Crippen molar-refractivity contribution in [1.82, 2.24) is 19.9 Å². The van der Waals surface area contributed by atoms with E-state index >= 15 is 0 Å². The number of nitrogens with zero attached hydrogens (tertiary/aromatic N) is 6. The molecule has 0 aliphatic carbocycles. The molecule has 0 saturated heterocycles. The molecule has 122 valence electrons. The third-order valence-corrected chi connectivity index (χ3v) is 3.33. The van der Waals surface area contributed by atoms with E-state index in [4.69, 9.17) is 13.1 Å². The summed E-state index contributed by atoms with van der Waals surface area (Å²) in [5.41, 5.74) is 2.49. The summed E-state index contributed by atoms with van der Waals surface area (Å²) in [4.78, 5) is 23.6. The van der Waals surface area contributed by atoms with Crippen LogP contribution >= 0.6 is 0 Å². The maximum Gasteiger partial charge on any atom is 0.294 e. The Hall–Kier alpha value is -4.16. The average molecular weight is 336 g/mol. The fourth-order valence-corrected chi connectivity index (χ4v) is 2.12. The van der Waals surface area contributed by atoms with E-state index in [0.717, 1.165) is 11.4 Å². The van der Waals surface area contributed by atoms with Crippen LogP contribution in [0.4, 0.5) is 11.6 Å². The van der Waals surface area contributed by atoms with E-state index in [2.05, 4.69) is 29.6 Å². The smallest absolute Gasteiger partial charge is 0.294 e. The van der Waals surface area contributed by atoms with Crippen LogP contribution in [0.1, 0.15) is 22.8 Å². The Labute approximate surface area is 150 Å². The first-order valence-corrected chi connectivity index (χ1v) is 7.65. The van der Waals surface area contributed by atoms with E-state index in [-0.39, 0.29) is 11.6 Å². The number of pyridine rings is 2. The molecule has 3 aromatic rings. The molecular formula is C20H12N6. The first-order chi connectivity index (χ1) is 12.8. The van der Waals surface area contributed by atoms with Crippen LogP contribution in [0, 0.1) is 13.1 Å². The van der Waals surface area contributed by atoms with Crippen molar-refractivity contribution in [2.24, 2.45) is 0 Å². The summed E-state index contributed by atoms with van der Waals surface area (Å²) in [6, 6.07) is 11.1. The summed E-state index contributed by atoms with van der Waals surface area (Å²) < 4.78 is 0. The Morgan fingerprint density at radius 3 is 1.46 bits per heavy atom. The summed E-state index contributed by atoms with van der Waals surface area (Å²) >= 11 is 0. The molecule has 0 amide bonds. The van der Waals surface area contributed by atoms with Gasteiger partial charge < -0.3 is 9.69 Å². The molecule has 0 N–H and O–H groups in total. The number of aromatic nitrogens is 4. The summed E-state index contributed by atoms with van der Waals surface area (Å²) in [7, 11) is 0. The third-order valence-electron chi connectivity index (χ3n) is 3.33. The third kappa shape index (κ3) is 4.02. The Balaban J connectivity index is 2.03. The maximum atomic E-state index is 7.20. The van der Waals surface area contributed by atoms with Crippen molar-refractivity contribution in [1.29, 1.82) is 0 Å². The van der Waals surface area contributed by atoms with Crippen LogP contribution in [-0.4, -0.2) is 19.9 Å². The van der Waals surface area contributed by atoms with Gasteiger partial charge in [-0.15, -0.1) is 9.97 Å². The van der Waals surface area contributed by atoms with E-state index in [1.807, 2.05) is 36.4 Å². The van der Waals surface area contributed by atoms with E-state index in [9.17, 15) is 0 Å².